The van der Waals surface area contributed by atoms with Gasteiger partial charge in [0.15, 0.2) is 0 Å². The van der Waals surface area contributed by atoms with Gasteiger partial charge < -0.3 is 10.6 Å². The average Bonchev–Trinajstić information content (AvgIpc) is 2.92. The Morgan fingerprint density at radius 1 is 1.57 bits per heavy atom. The van der Waals surface area contributed by atoms with Gasteiger partial charge >= 0.3 is 0 Å². The van der Waals surface area contributed by atoms with Crippen molar-refractivity contribution >= 4 is 17.2 Å². The van der Waals surface area contributed by atoms with Crippen molar-refractivity contribution in [1.82, 2.24) is 20.5 Å². The molecule has 1 aromatic rings. The van der Waals surface area contributed by atoms with E-state index in [1.54, 1.807) is 11.3 Å². The van der Waals surface area contributed by atoms with Crippen molar-refractivity contribution in [2.45, 2.75) is 38.6 Å². The summed E-state index contributed by atoms with van der Waals surface area (Å²) in [7, 11) is 2.04. The van der Waals surface area contributed by atoms with Gasteiger partial charge in [-0.1, -0.05) is 6.92 Å². The van der Waals surface area contributed by atoms with Crippen LogP contribution in [0.1, 0.15) is 36.4 Å². The molecule has 1 aliphatic heterocycles. The molecule has 21 heavy (non-hydrogen) atoms. The number of likely N-dealkylation sites (N-methyl/N-ethyl adjacent to an activating group) is 1. The number of carbonyl (C=O) groups excluding carboxylic acids is 1. The lowest BCUT2D eigenvalue weighted by molar-refractivity contribution is -0.122. The number of nitrogens with one attached hydrogen (secondary N) is 2. The molecule has 1 amide bonds. The van der Waals surface area contributed by atoms with E-state index in [2.05, 4.69) is 32.8 Å². The maximum atomic E-state index is 12.1. The van der Waals surface area contributed by atoms with Crippen molar-refractivity contribution in [3.05, 3.63) is 16.1 Å². The Kier molecular flexibility index (Phi) is 6.14. The second-order valence-corrected chi connectivity index (χ2v) is 6.82. The third kappa shape index (κ3) is 5.05. The fourth-order valence-electron chi connectivity index (χ4n) is 2.61. The lowest BCUT2D eigenvalue weighted by atomic mass is 10.1. The Bertz CT molecular complexity index is 456. The van der Waals surface area contributed by atoms with Crippen LogP contribution in [-0.2, 0) is 4.79 Å². The van der Waals surface area contributed by atoms with E-state index in [0.29, 0.717) is 19.1 Å². The van der Waals surface area contributed by atoms with Crippen molar-refractivity contribution < 1.29 is 4.79 Å². The van der Waals surface area contributed by atoms with Gasteiger partial charge in [0.25, 0.3) is 0 Å². The zero-order valence-electron chi connectivity index (χ0n) is 13.2. The Hall–Kier alpha value is -0.980. The summed E-state index contributed by atoms with van der Waals surface area (Å²) in [6.45, 7) is 7.35. The molecule has 1 aliphatic rings. The van der Waals surface area contributed by atoms with Crippen LogP contribution in [0.4, 0.5) is 0 Å². The largest absolute Gasteiger partial charge is 0.354 e. The molecule has 1 fully saturated rings. The van der Waals surface area contributed by atoms with Gasteiger partial charge in [0.05, 0.1) is 11.6 Å². The smallest absolute Gasteiger partial charge is 0.234 e. The second-order valence-electron chi connectivity index (χ2n) is 5.93. The van der Waals surface area contributed by atoms with Crippen LogP contribution in [0.25, 0.3) is 0 Å². The minimum Gasteiger partial charge on any atom is -0.354 e. The highest BCUT2D eigenvalue weighted by Crippen LogP contribution is 2.18. The summed E-state index contributed by atoms with van der Waals surface area (Å²) in [6, 6.07) is 0.524. The fraction of sp³-hybridized carbons (Fsp3) is 0.733. The van der Waals surface area contributed by atoms with Crippen molar-refractivity contribution in [2.24, 2.45) is 0 Å². The van der Waals surface area contributed by atoms with Crippen molar-refractivity contribution in [1.29, 1.82) is 0 Å². The van der Waals surface area contributed by atoms with Crippen LogP contribution >= 0.6 is 11.3 Å². The van der Waals surface area contributed by atoms with Gasteiger partial charge in [0.1, 0.15) is 0 Å². The third-order valence-corrected chi connectivity index (χ3v) is 5.18. The van der Waals surface area contributed by atoms with Crippen LogP contribution in [0.2, 0.25) is 0 Å². The van der Waals surface area contributed by atoms with E-state index in [1.165, 1.54) is 0 Å². The highest BCUT2D eigenvalue weighted by Gasteiger charge is 2.20. The third-order valence-electron chi connectivity index (χ3n) is 3.99. The predicted octanol–water partition coefficient (Wildman–Crippen LogP) is 1.36. The lowest BCUT2D eigenvalue weighted by Crippen LogP contribution is -2.45. The zero-order valence-corrected chi connectivity index (χ0v) is 14.0. The van der Waals surface area contributed by atoms with Gasteiger partial charge in [-0.15, -0.1) is 11.3 Å². The van der Waals surface area contributed by atoms with E-state index < -0.39 is 0 Å². The molecule has 0 radical (unpaired) electrons. The van der Waals surface area contributed by atoms with E-state index in [0.717, 1.165) is 36.6 Å². The number of carbonyl (C=O) groups is 1. The van der Waals surface area contributed by atoms with Crippen molar-refractivity contribution in [3.8, 4) is 0 Å². The van der Waals surface area contributed by atoms with Crippen LogP contribution in [0.15, 0.2) is 5.38 Å². The van der Waals surface area contributed by atoms with Gasteiger partial charge in [-0.05, 0) is 39.9 Å². The Labute approximate surface area is 131 Å². The van der Waals surface area contributed by atoms with Gasteiger partial charge in [-0.3, -0.25) is 9.69 Å². The first-order valence-electron chi connectivity index (χ1n) is 7.66. The fourth-order valence-corrected chi connectivity index (χ4v) is 3.47. The van der Waals surface area contributed by atoms with E-state index in [4.69, 9.17) is 0 Å². The number of hydrogen-bond acceptors (Lipinski definition) is 5. The maximum absolute atomic E-state index is 12.1. The first-order chi connectivity index (χ1) is 10.1. The van der Waals surface area contributed by atoms with E-state index in [1.807, 2.05) is 14.0 Å². The van der Waals surface area contributed by atoms with E-state index in [9.17, 15) is 4.79 Å². The maximum Gasteiger partial charge on any atom is 0.234 e. The van der Waals surface area contributed by atoms with Crippen LogP contribution < -0.4 is 10.6 Å². The highest BCUT2D eigenvalue weighted by molar-refractivity contribution is 7.09. The Morgan fingerprint density at radius 3 is 2.90 bits per heavy atom. The number of amides is 1. The number of aryl methyl sites for hydroxylation is 1. The number of nitrogens with zero attached hydrogens (tertiary/aromatic N) is 2. The Balaban J connectivity index is 1.71. The molecule has 0 saturated carbocycles. The quantitative estimate of drug-likeness (QED) is 0.833. The lowest BCUT2D eigenvalue weighted by Gasteiger charge is -2.31. The van der Waals surface area contributed by atoms with Crippen LogP contribution in [0, 0.1) is 6.92 Å². The van der Waals surface area contributed by atoms with Crippen LogP contribution in [0.5, 0.6) is 0 Å². The molecule has 6 heteroatoms. The Morgan fingerprint density at radius 2 is 2.29 bits per heavy atom. The molecular formula is C15H26N4OS. The average molecular weight is 310 g/mol. The SMILES string of the molecule is Cc1csc(C(C)CNC(=O)CN(C)C2CCNCC2)n1. The molecule has 1 unspecified atom stereocenters. The number of rotatable bonds is 6. The second kappa shape index (κ2) is 7.87. The first kappa shape index (κ1) is 16.4. The molecule has 2 rings (SSSR count). The minimum absolute atomic E-state index is 0.108. The zero-order chi connectivity index (χ0) is 15.2. The van der Waals surface area contributed by atoms with Gasteiger partial charge in [0.2, 0.25) is 5.91 Å². The normalized spacial score (nSPS) is 17.9. The summed E-state index contributed by atoms with van der Waals surface area (Å²) in [6.07, 6.45) is 2.25. The molecule has 2 heterocycles. The van der Waals surface area contributed by atoms with Crippen LogP contribution in [0.3, 0.4) is 0 Å². The first-order valence-corrected chi connectivity index (χ1v) is 8.54. The number of aromatic nitrogens is 1. The molecule has 2 N–H and O–H groups in total. The molecule has 1 saturated heterocycles. The molecule has 0 aliphatic carbocycles. The van der Waals surface area contributed by atoms with E-state index in [-0.39, 0.29) is 11.8 Å². The van der Waals surface area contributed by atoms with Gasteiger partial charge in [-0.2, -0.15) is 0 Å². The summed E-state index contributed by atoms with van der Waals surface area (Å²) >= 11 is 1.67. The van der Waals surface area contributed by atoms with Crippen molar-refractivity contribution in [2.75, 3.05) is 33.2 Å². The molecule has 0 spiro atoms. The van der Waals surface area contributed by atoms with Gasteiger partial charge in [-0.25, -0.2) is 4.98 Å². The monoisotopic (exact) mass is 310 g/mol. The summed E-state index contributed by atoms with van der Waals surface area (Å²) in [5.41, 5.74) is 1.05. The summed E-state index contributed by atoms with van der Waals surface area (Å²) in [4.78, 5) is 18.7. The van der Waals surface area contributed by atoms with Gasteiger partial charge in [0, 0.05) is 29.6 Å². The van der Waals surface area contributed by atoms with Crippen molar-refractivity contribution in [3.63, 3.8) is 0 Å². The number of hydrogen-bond donors (Lipinski definition) is 2. The molecule has 1 atom stereocenters. The summed E-state index contributed by atoms with van der Waals surface area (Å²) < 4.78 is 0. The molecule has 1 aromatic heterocycles. The molecule has 5 nitrogen and oxygen atoms in total. The molecule has 0 bridgehead atoms. The molecule has 118 valence electrons. The predicted molar refractivity (Wildman–Crippen MR) is 86.8 cm³/mol. The summed E-state index contributed by atoms with van der Waals surface area (Å²) in [5.74, 6) is 0.382. The standard InChI is InChI=1S/C15H26N4OS/c1-11(15-18-12(2)10-21-15)8-17-14(20)9-19(3)13-4-6-16-7-5-13/h10-11,13,16H,4-9H2,1-3H3,(H,17,20). The highest BCUT2D eigenvalue weighted by atomic mass is 32.1. The molecular weight excluding hydrogens is 284 g/mol. The van der Waals surface area contributed by atoms with E-state index >= 15 is 0 Å². The molecule has 0 aromatic carbocycles. The number of piperidine rings is 1. The number of thiazole rings is 1. The summed E-state index contributed by atoms with van der Waals surface area (Å²) in [5, 5.41) is 9.53. The topological polar surface area (TPSA) is 57.3 Å². The minimum atomic E-state index is 0.108. The van der Waals surface area contributed by atoms with Crippen LogP contribution in [-0.4, -0.2) is 55.1 Å².